The number of phenols is 1. The third-order valence-corrected chi connectivity index (χ3v) is 3.35. The Balaban J connectivity index is 0.000000235. The molecule has 0 bridgehead atoms. The maximum Gasteiger partial charge on any atom is 0.138 e. The SMILES string of the molecule is CC(C)c1cccc(C(C)C)c1N.Nc1ccccc1O. The van der Waals surface area contributed by atoms with Crippen LogP contribution in [0, 0.1) is 0 Å². The average molecular weight is 286 g/mol. The molecule has 0 saturated carbocycles. The van der Waals surface area contributed by atoms with E-state index < -0.39 is 0 Å². The van der Waals surface area contributed by atoms with Crippen LogP contribution in [0.5, 0.6) is 5.75 Å². The van der Waals surface area contributed by atoms with Crippen LogP contribution in [-0.4, -0.2) is 5.11 Å². The number of nitrogens with two attached hydrogens (primary N) is 2. The molecule has 0 amide bonds. The lowest BCUT2D eigenvalue weighted by Gasteiger charge is -2.15. The number of para-hydroxylation sites is 3. The Morgan fingerprint density at radius 2 is 1.24 bits per heavy atom. The van der Waals surface area contributed by atoms with Gasteiger partial charge in [0.2, 0.25) is 0 Å². The molecule has 0 aliphatic heterocycles. The highest BCUT2D eigenvalue weighted by atomic mass is 16.3. The Kier molecular flexibility index (Phi) is 6.10. The van der Waals surface area contributed by atoms with E-state index in [-0.39, 0.29) is 5.75 Å². The van der Waals surface area contributed by atoms with Crippen molar-refractivity contribution in [3.8, 4) is 5.75 Å². The summed E-state index contributed by atoms with van der Waals surface area (Å²) in [5, 5.41) is 8.79. The van der Waals surface area contributed by atoms with Crippen molar-refractivity contribution in [1.29, 1.82) is 0 Å². The van der Waals surface area contributed by atoms with Crippen molar-refractivity contribution in [2.75, 3.05) is 11.5 Å². The number of hydrogen-bond acceptors (Lipinski definition) is 3. The molecule has 0 spiro atoms. The van der Waals surface area contributed by atoms with Crippen molar-refractivity contribution in [2.24, 2.45) is 0 Å². The molecule has 0 atom stereocenters. The highest BCUT2D eigenvalue weighted by Crippen LogP contribution is 2.29. The zero-order valence-electron chi connectivity index (χ0n) is 13.3. The Labute approximate surface area is 127 Å². The van der Waals surface area contributed by atoms with Crippen LogP contribution >= 0.6 is 0 Å². The van der Waals surface area contributed by atoms with Gasteiger partial charge < -0.3 is 16.6 Å². The van der Waals surface area contributed by atoms with Gasteiger partial charge in [0.1, 0.15) is 5.75 Å². The number of anilines is 2. The molecular formula is C18H26N2O. The molecule has 3 nitrogen and oxygen atoms in total. The monoisotopic (exact) mass is 286 g/mol. The molecule has 0 aliphatic carbocycles. The number of hydrogen-bond donors (Lipinski definition) is 3. The summed E-state index contributed by atoms with van der Waals surface area (Å²) in [6.45, 7) is 8.71. The zero-order valence-corrected chi connectivity index (χ0v) is 13.3. The fraction of sp³-hybridized carbons (Fsp3) is 0.333. The second-order valence-electron chi connectivity index (χ2n) is 5.72. The molecular weight excluding hydrogens is 260 g/mol. The summed E-state index contributed by atoms with van der Waals surface area (Å²) < 4.78 is 0. The van der Waals surface area contributed by atoms with Crippen molar-refractivity contribution in [3.05, 3.63) is 53.6 Å². The fourth-order valence-electron chi connectivity index (χ4n) is 2.10. The molecule has 2 rings (SSSR count). The lowest BCUT2D eigenvalue weighted by atomic mass is 9.93. The largest absolute Gasteiger partial charge is 0.506 e. The van der Waals surface area contributed by atoms with Gasteiger partial charge in [-0.1, -0.05) is 58.0 Å². The van der Waals surface area contributed by atoms with Crippen molar-refractivity contribution >= 4 is 11.4 Å². The van der Waals surface area contributed by atoms with Crippen molar-refractivity contribution < 1.29 is 5.11 Å². The number of phenolic OH excluding ortho intramolecular Hbond substituents is 1. The molecule has 0 saturated heterocycles. The summed E-state index contributed by atoms with van der Waals surface area (Å²) in [4.78, 5) is 0. The van der Waals surface area contributed by atoms with Crippen molar-refractivity contribution in [3.63, 3.8) is 0 Å². The van der Waals surface area contributed by atoms with Crippen LogP contribution in [0.3, 0.4) is 0 Å². The first-order valence-electron chi connectivity index (χ1n) is 7.26. The lowest BCUT2D eigenvalue weighted by molar-refractivity contribution is 0.478. The second kappa shape index (κ2) is 7.58. The molecule has 0 heterocycles. The Morgan fingerprint density at radius 3 is 1.57 bits per heavy atom. The minimum absolute atomic E-state index is 0.146. The first-order valence-corrected chi connectivity index (χ1v) is 7.26. The lowest BCUT2D eigenvalue weighted by Crippen LogP contribution is -2.02. The summed E-state index contributed by atoms with van der Waals surface area (Å²) in [6, 6.07) is 13.0. The van der Waals surface area contributed by atoms with E-state index in [1.807, 2.05) is 0 Å². The Hall–Kier alpha value is -2.16. The van der Waals surface area contributed by atoms with Crippen LogP contribution < -0.4 is 11.5 Å². The maximum atomic E-state index is 8.79. The predicted octanol–water partition coefficient (Wildman–Crippen LogP) is 4.49. The van der Waals surface area contributed by atoms with Crippen LogP contribution in [0.15, 0.2) is 42.5 Å². The topological polar surface area (TPSA) is 72.3 Å². The van der Waals surface area contributed by atoms with Gasteiger partial charge >= 0.3 is 0 Å². The van der Waals surface area contributed by atoms with Gasteiger partial charge in [-0.3, -0.25) is 0 Å². The van der Waals surface area contributed by atoms with Gasteiger partial charge in [0.15, 0.2) is 0 Å². The molecule has 0 radical (unpaired) electrons. The van der Waals surface area contributed by atoms with Crippen LogP contribution in [-0.2, 0) is 0 Å². The Morgan fingerprint density at radius 1 is 0.762 bits per heavy atom. The van der Waals surface area contributed by atoms with Gasteiger partial charge in [-0.05, 0) is 35.1 Å². The normalized spacial score (nSPS) is 10.4. The van der Waals surface area contributed by atoms with Crippen molar-refractivity contribution in [1.82, 2.24) is 0 Å². The van der Waals surface area contributed by atoms with E-state index in [9.17, 15) is 0 Å². The van der Waals surface area contributed by atoms with Crippen LogP contribution in [0.4, 0.5) is 11.4 Å². The van der Waals surface area contributed by atoms with E-state index in [2.05, 4.69) is 45.9 Å². The van der Waals surface area contributed by atoms with Gasteiger partial charge in [0, 0.05) is 5.69 Å². The van der Waals surface area contributed by atoms with Crippen LogP contribution in [0.2, 0.25) is 0 Å². The molecule has 0 aliphatic rings. The average Bonchev–Trinajstić information content (AvgIpc) is 2.42. The fourth-order valence-corrected chi connectivity index (χ4v) is 2.10. The molecule has 3 heteroatoms. The third kappa shape index (κ3) is 4.71. The van der Waals surface area contributed by atoms with E-state index in [1.54, 1.807) is 24.3 Å². The first kappa shape index (κ1) is 16.9. The van der Waals surface area contributed by atoms with E-state index in [4.69, 9.17) is 16.6 Å². The minimum Gasteiger partial charge on any atom is -0.506 e. The van der Waals surface area contributed by atoms with Gasteiger partial charge in [0.25, 0.3) is 0 Å². The quantitative estimate of drug-likeness (QED) is 0.562. The molecule has 2 aromatic carbocycles. The molecule has 21 heavy (non-hydrogen) atoms. The summed E-state index contributed by atoms with van der Waals surface area (Å²) in [5.74, 6) is 1.17. The molecule has 0 aromatic heterocycles. The summed E-state index contributed by atoms with van der Waals surface area (Å²) >= 11 is 0. The van der Waals surface area contributed by atoms with Gasteiger partial charge in [-0.2, -0.15) is 0 Å². The smallest absolute Gasteiger partial charge is 0.138 e. The third-order valence-electron chi connectivity index (χ3n) is 3.35. The minimum atomic E-state index is 0.146. The number of aromatic hydroxyl groups is 1. The Bertz CT molecular complexity index is 530. The molecule has 0 unspecified atom stereocenters. The van der Waals surface area contributed by atoms with Crippen LogP contribution in [0.1, 0.15) is 50.7 Å². The number of benzene rings is 2. The molecule has 2 aromatic rings. The standard InChI is InChI=1S/C12H19N.C6H7NO/c1-8(2)10-6-5-7-11(9(3)4)12(10)13;7-5-3-1-2-4-6(5)8/h5-9H,13H2,1-4H3;1-4,8H,7H2. The van der Waals surface area contributed by atoms with E-state index in [0.29, 0.717) is 17.5 Å². The summed E-state index contributed by atoms with van der Waals surface area (Å²) in [7, 11) is 0. The molecule has 5 N–H and O–H groups in total. The molecule has 114 valence electrons. The van der Waals surface area contributed by atoms with E-state index in [0.717, 1.165) is 5.69 Å². The predicted molar refractivity (Wildman–Crippen MR) is 91.6 cm³/mol. The van der Waals surface area contributed by atoms with E-state index in [1.165, 1.54) is 11.1 Å². The van der Waals surface area contributed by atoms with Crippen LogP contribution in [0.25, 0.3) is 0 Å². The maximum absolute atomic E-state index is 8.79. The first-order chi connectivity index (χ1) is 9.84. The van der Waals surface area contributed by atoms with Crippen molar-refractivity contribution in [2.45, 2.75) is 39.5 Å². The van der Waals surface area contributed by atoms with Gasteiger partial charge in [-0.15, -0.1) is 0 Å². The second-order valence-corrected chi connectivity index (χ2v) is 5.72. The number of rotatable bonds is 2. The summed E-state index contributed by atoms with van der Waals surface area (Å²) in [6.07, 6.45) is 0. The van der Waals surface area contributed by atoms with E-state index >= 15 is 0 Å². The van der Waals surface area contributed by atoms with Gasteiger partial charge in [0.05, 0.1) is 5.69 Å². The highest BCUT2D eigenvalue weighted by molar-refractivity contribution is 5.56. The molecule has 0 fully saturated rings. The van der Waals surface area contributed by atoms with Gasteiger partial charge in [-0.25, -0.2) is 0 Å². The highest BCUT2D eigenvalue weighted by Gasteiger charge is 2.09. The number of nitrogen functional groups attached to an aromatic ring is 2. The zero-order chi connectivity index (χ0) is 16.0. The summed E-state index contributed by atoms with van der Waals surface area (Å²) in [5.41, 5.74) is 15.3.